The van der Waals surface area contributed by atoms with E-state index in [0.29, 0.717) is 6.42 Å². The Morgan fingerprint density at radius 1 is 1.50 bits per heavy atom. The van der Waals surface area contributed by atoms with Gasteiger partial charge in [0.25, 0.3) is 5.56 Å². The van der Waals surface area contributed by atoms with Gasteiger partial charge < -0.3 is 20.1 Å². The van der Waals surface area contributed by atoms with Gasteiger partial charge in [-0.05, 0) is 25.1 Å². The summed E-state index contributed by atoms with van der Waals surface area (Å²) in [6, 6.07) is 0. The number of nitrogens with zero attached hydrogens (tertiary/aromatic N) is 1. The molecule has 0 spiro atoms. The Morgan fingerprint density at radius 2 is 2.17 bits per heavy atom. The normalized spacial score (nSPS) is 24.4. The van der Waals surface area contributed by atoms with Crippen LogP contribution in [0.2, 0.25) is 5.02 Å². The quantitative estimate of drug-likeness (QED) is 0.447. The van der Waals surface area contributed by atoms with Crippen LogP contribution in [0.25, 0.3) is 0 Å². The van der Waals surface area contributed by atoms with Crippen LogP contribution in [0.5, 0.6) is 0 Å². The summed E-state index contributed by atoms with van der Waals surface area (Å²) in [5.74, 6) is -2.90. The number of halogens is 1. The first-order valence-electron chi connectivity index (χ1n) is 5.12. The number of hydrogen-bond acceptors (Lipinski definition) is 6. The lowest BCUT2D eigenvalue weighted by Gasteiger charge is -2.22. The fourth-order valence-corrected chi connectivity index (χ4v) is 2.20. The van der Waals surface area contributed by atoms with E-state index in [0.717, 1.165) is 0 Å². The number of nitrogens with one attached hydrogen (secondary N) is 1. The highest BCUT2D eigenvalue weighted by Gasteiger charge is 2.40. The minimum Gasteiger partial charge on any atom is -0.346 e. The molecule has 18 heavy (non-hydrogen) atoms. The molecule has 9 heteroatoms. The molecule has 2 unspecified atom stereocenters. The van der Waals surface area contributed by atoms with Gasteiger partial charge in [0.2, 0.25) is 0 Å². The number of hydrogen-bond donors (Lipinski definition) is 4. The average Bonchev–Trinajstić information content (AvgIpc) is 2.72. The maximum Gasteiger partial charge on any atom is 0.303 e. The first-order chi connectivity index (χ1) is 8.29. The molecule has 0 saturated carbocycles. The summed E-state index contributed by atoms with van der Waals surface area (Å²) >= 11 is 10.6. The van der Waals surface area contributed by atoms with E-state index in [-0.39, 0.29) is 16.2 Å². The van der Waals surface area contributed by atoms with Gasteiger partial charge in [0, 0.05) is 6.20 Å². The Balaban J connectivity index is 2.28. The monoisotopic (exact) mass is 294 g/mol. The Hall–Kier alpha value is -0.770. The molecule has 1 fully saturated rings. The Bertz CT molecular complexity index is 563. The first-order valence-corrected chi connectivity index (χ1v) is 5.91. The van der Waals surface area contributed by atoms with Crippen molar-refractivity contribution in [3.05, 3.63) is 26.3 Å². The third-order valence-corrected chi connectivity index (χ3v) is 3.25. The van der Waals surface area contributed by atoms with Crippen LogP contribution in [0, 0.1) is 4.77 Å². The third-order valence-electron chi connectivity index (χ3n) is 2.66. The summed E-state index contributed by atoms with van der Waals surface area (Å²) in [5, 5.41) is 27.0. The number of aromatic nitrogens is 2. The molecule has 7 nitrogen and oxygen atoms in total. The van der Waals surface area contributed by atoms with Gasteiger partial charge in [0.1, 0.15) is 17.4 Å². The zero-order valence-electron chi connectivity index (χ0n) is 9.04. The van der Waals surface area contributed by atoms with Crippen molar-refractivity contribution in [2.45, 2.75) is 31.1 Å². The summed E-state index contributed by atoms with van der Waals surface area (Å²) in [6.45, 7) is 0. The molecule has 0 aromatic carbocycles. The molecule has 0 amide bonds. The van der Waals surface area contributed by atoms with Crippen molar-refractivity contribution in [3.8, 4) is 0 Å². The fourth-order valence-electron chi connectivity index (χ4n) is 1.78. The van der Waals surface area contributed by atoms with Crippen LogP contribution >= 0.6 is 23.8 Å². The molecule has 1 aromatic rings. The molecule has 1 saturated heterocycles. The second-order valence-electron chi connectivity index (χ2n) is 3.99. The molecule has 2 atom stereocenters. The minimum atomic E-state index is -2.90. The lowest BCUT2D eigenvalue weighted by molar-refractivity contribution is -0.360. The van der Waals surface area contributed by atoms with E-state index in [2.05, 4.69) is 4.98 Å². The highest BCUT2D eigenvalue weighted by atomic mass is 35.5. The maximum absolute atomic E-state index is 11.2. The van der Waals surface area contributed by atoms with E-state index in [1.54, 1.807) is 0 Å². The molecule has 100 valence electrons. The Labute approximate surface area is 111 Å². The third kappa shape index (κ3) is 2.63. The summed E-state index contributed by atoms with van der Waals surface area (Å²) < 4.78 is 6.75. The van der Waals surface area contributed by atoms with E-state index >= 15 is 0 Å². The predicted octanol–water partition coefficient (Wildman–Crippen LogP) is -0.132. The van der Waals surface area contributed by atoms with E-state index in [1.807, 2.05) is 0 Å². The van der Waals surface area contributed by atoms with Crippen LogP contribution in [-0.4, -0.2) is 36.9 Å². The van der Waals surface area contributed by atoms with Gasteiger partial charge in [-0.15, -0.1) is 0 Å². The number of aromatic amines is 1. The van der Waals surface area contributed by atoms with Crippen LogP contribution in [0.4, 0.5) is 0 Å². The van der Waals surface area contributed by atoms with Gasteiger partial charge in [-0.3, -0.25) is 14.3 Å². The lowest BCUT2D eigenvalue weighted by atomic mass is 10.2. The van der Waals surface area contributed by atoms with Crippen LogP contribution < -0.4 is 5.56 Å². The zero-order chi connectivity index (χ0) is 13.5. The highest BCUT2D eigenvalue weighted by Crippen LogP contribution is 2.32. The van der Waals surface area contributed by atoms with Gasteiger partial charge in [-0.1, -0.05) is 11.6 Å². The Morgan fingerprint density at radius 3 is 2.72 bits per heavy atom. The van der Waals surface area contributed by atoms with Crippen molar-refractivity contribution in [3.63, 3.8) is 0 Å². The number of aliphatic hydroxyl groups is 3. The Kier molecular flexibility index (Phi) is 3.58. The largest absolute Gasteiger partial charge is 0.346 e. The molecule has 2 rings (SSSR count). The van der Waals surface area contributed by atoms with Crippen molar-refractivity contribution in [2.75, 3.05) is 0 Å². The van der Waals surface area contributed by atoms with Crippen LogP contribution in [0.1, 0.15) is 19.1 Å². The highest BCUT2D eigenvalue weighted by molar-refractivity contribution is 7.71. The van der Waals surface area contributed by atoms with Crippen molar-refractivity contribution < 1.29 is 20.1 Å². The molecule has 2 heterocycles. The van der Waals surface area contributed by atoms with E-state index in [9.17, 15) is 4.79 Å². The number of ether oxygens (including phenoxy) is 1. The van der Waals surface area contributed by atoms with E-state index < -0.39 is 23.9 Å². The molecule has 0 bridgehead atoms. The molecule has 0 radical (unpaired) electrons. The molecular weight excluding hydrogens is 284 g/mol. The van der Waals surface area contributed by atoms with Crippen LogP contribution in [0.3, 0.4) is 0 Å². The topological polar surface area (TPSA) is 108 Å². The van der Waals surface area contributed by atoms with Crippen LogP contribution in [0.15, 0.2) is 11.0 Å². The number of H-pyrrole nitrogens is 1. The number of rotatable bonds is 2. The fraction of sp³-hybridized carbons (Fsp3) is 0.556. The molecule has 4 N–H and O–H groups in total. The molecule has 1 aliphatic rings. The predicted molar refractivity (Wildman–Crippen MR) is 63.4 cm³/mol. The SMILES string of the molecule is O=c1[nH]c(=S)n(C2CCC(C(O)(O)O)O2)cc1Cl. The first kappa shape index (κ1) is 13.7. The lowest BCUT2D eigenvalue weighted by Crippen LogP contribution is -2.41. The summed E-state index contributed by atoms with van der Waals surface area (Å²) in [7, 11) is 0. The van der Waals surface area contributed by atoms with Gasteiger partial charge in [-0.25, -0.2) is 0 Å². The zero-order valence-corrected chi connectivity index (χ0v) is 10.6. The summed E-state index contributed by atoms with van der Waals surface area (Å²) in [6.07, 6.45) is 0.166. The molecule has 1 aromatic heterocycles. The summed E-state index contributed by atoms with van der Waals surface area (Å²) in [4.78, 5) is 13.6. The van der Waals surface area contributed by atoms with Gasteiger partial charge in [0.05, 0.1) is 0 Å². The average molecular weight is 295 g/mol. The second-order valence-corrected chi connectivity index (χ2v) is 4.78. The van der Waals surface area contributed by atoms with Crippen molar-refractivity contribution in [2.24, 2.45) is 0 Å². The van der Waals surface area contributed by atoms with E-state index in [4.69, 9.17) is 43.9 Å². The molecule has 1 aliphatic heterocycles. The van der Waals surface area contributed by atoms with Gasteiger partial charge >= 0.3 is 5.97 Å². The smallest absolute Gasteiger partial charge is 0.303 e. The maximum atomic E-state index is 11.2. The van der Waals surface area contributed by atoms with Crippen LogP contribution in [-0.2, 0) is 4.74 Å². The van der Waals surface area contributed by atoms with Crippen molar-refractivity contribution in [1.82, 2.24) is 9.55 Å². The van der Waals surface area contributed by atoms with Gasteiger partial charge in [0.15, 0.2) is 4.77 Å². The second kappa shape index (κ2) is 4.72. The van der Waals surface area contributed by atoms with E-state index in [1.165, 1.54) is 10.8 Å². The van der Waals surface area contributed by atoms with Crippen molar-refractivity contribution >= 4 is 23.8 Å². The van der Waals surface area contributed by atoms with Crippen molar-refractivity contribution in [1.29, 1.82) is 0 Å². The standard InChI is InChI=1S/C9H11ClN2O5S/c10-4-3-12(8(18)11-7(4)13)6-2-1-5(17-6)9(14,15)16/h3,5-6,14-16H,1-2H2,(H,11,13,18). The molecule has 0 aliphatic carbocycles. The summed E-state index contributed by atoms with van der Waals surface area (Å²) in [5.41, 5.74) is -0.506. The minimum absolute atomic E-state index is 0.0566. The van der Waals surface area contributed by atoms with Gasteiger partial charge in [-0.2, -0.15) is 0 Å². The molecular formula is C9H11ClN2O5S.